The molecule has 2 aliphatic heterocycles. The average molecular weight is 781 g/mol. The van der Waals surface area contributed by atoms with Crippen molar-refractivity contribution in [3.63, 3.8) is 0 Å². The van der Waals surface area contributed by atoms with Crippen LogP contribution >= 0.6 is 0 Å². The van der Waals surface area contributed by atoms with E-state index in [1.807, 2.05) is 0 Å². The van der Waals surface area contributed by atoms with Crippen molar-refractivity contribution in [2.75, 3.05) is 19.8 Å². The monoisotopic (exact) mass is 780 g/mol. The molecule has 0 spiro atoms. The van der Waals surface area contributed by atoms with Crippen LogP contribution in [0.25, 0.3) is 18.2 Å². The number of benzene rings is 3. The van der Waals surface area contributed by atoms with E-state index < -0.39 is 92.5 Å². The van der Waals surface area contributed by atoms with Gasteiger partial charge in [0.2, 0.25) is 12.1 Å². The van der Waals surface area contributed by atoms with E-state index in [1.54, 1.807) is 0 Å². The third-order valence-corrected chi connectivity index (χ3v) is 8.65. The Morgan fingerprint density at radius 3 is 1.52 bits per heavy atom. The number of carbonyl (C=O) groups excluding carboxylic acids is 3. The number of aliphatic hydroxyl groups excluding tert-OH is 5. The smallest absolute Gasteiger partial charge is 0.331 e. The van der Waals surface area contributed by atoms with E-state index in [1.165, 1.54) is 91.0 Å². The zero-order valence-corrected chi connectivity index (χ0v) is 29.4. The molecule has 17 nitrogen and oxygen atoms in total. The number of ether oxygens (including phenoxy) is 6. The van der Waals surface area contributed by atoms with Gasteiger partial charge in [0.1, 0.15) is 61.0 Å². The molecule has 8 N–H and O–H groups in total. The lowest BCUT2D eigenvalue weighted by Gasteiger charge is -2.44. The Labute approximate surface area is 319 Å². The molecule has 2 heterocycles. The van der Waals surface area contributed by atoms with Gasteiger partial charge in [-0.25, -0.2) is 14.4 Å². The summed E-state index contributed by atoms with van der Waals surface area (Å²) in [7, 11) is 0. The number of aromatic hydroxyl groups is 3. The first kappa shape index (κ1) is 41.5. The first-order chi connectivity index (χ1) is 26.8. The molecule has 298 valence electrons. The Hall–Kier alpha value is -5.63. The van der Waals surface area contributed by atoms with E-state index in [9.17, 15) is 55.2 Å². The summed E-state index contributed by atoms with van der Waals surface area (Å²) in [5.74, 6) is -5.55. The number of hydrogen-bond donors (Lipinski definition) is 8. The summed E-state index contributed by atoms with van der Waals surface area (Å²) in [4.78, 5) is 38.2. The van der Waals surface area contributed by atoms with Crippen molar-refractivity contribution in [2.45, 2.75) is 54.8 Å². The maximum atomic E-state index is 13.0. The summed E-state index contributed by atoms with van der Waals surface area (Å²) in [5.41, 5.74) is 1.53. The number of phenolic OH excluding ortho intramolecular Hbond substituents is 3. The average Bonchev–Trinajstić information content (AvgIpc) is 3.45. The Bertz CT molecular complexity index is 1870. The van der Waals surface area contributed by atoms with Crippen LogP contribution in [0.5, 0.6) is 17.2 Å². The summed E-state index contributed by atoms with van der Waals surface area (Å²) >= 11 is 0. The van der Waals surface area contributed by atoms with E-state index in [4.69, 9.17) is 28.4 Å². The van der Waals surface area contributed by atoms with Crippen molar-refractivity contribution in [3.05, 3.63) is 108 Å². The van der Waals surface area contributed by atoms with Gasteiger partial charge < -0.3 is 69.3 Å². The molecule has 2 aliphatic rings. The molecule has 2 saturated heterocycles. The topological polar surface area (TPSA) is 268 Å². The standard InChI is InChI=1S/C39H40O17/c40-19-28-35(53-31(46)17-8-23-3-12-26(43)13-4-23)37(50)39(21-41,55-28)56-38-36(54-32(47)18-9-24-5-14-27(44)15-6-24)34(49)33(48)29(52-38)20-51-30(45)16-7-22-1-10-25(42)11-2-22/h1-18,28-29,33-38,40-44,48-50H,19-21H2/b16-7+,17-8+,18-9+/t28-,29-,33-,34+,35-,36-,37+,38-,39+/m1/s1. The van der Waals surface area contributed by atoms with Gasteiger partial charge >= 0.3 is 17.9 Å². The third kappa shape index (κ3) is 10.6. The van der Waals surface area contributed by atoms with Gasteiger partial charge in [-0.05, 0) is 71.3 Å². The van der Waals surface area contributed by atoms with Crippen molar-refractivity contribution >= 4 is 36.1 Å². The summed E-state index contributed by atoms with van der Waals surface area (Å²) in [6.45, 7) is -2.73. The molecule has 0 bridgehead atoms. The third-order valence-electron chi connectivity index (χ3n) is 8.65. The fourth-order valence-electron chi connectivity index (χ4n) is 5.66. The molecule has 0 radical (unpaired) electrons. The van der Waals surface area contributed by atoms with Crippen molar-refractivity contribution in [3.8, 4) is 17.2 Å². The fourth-order valence-corrected chi connectivity index (χ4v) is 5.66. The molecule has 0 saturated carbocycles. The first-order valence-electron chi connectivity index (χ1n) is 17.1. The van der Waals surface area contributed by atoms with Crippen LogP contribution in [0.15, 0.2) is 91.0 Å². The normalized spacial score (nSPS) is 27.8. The summed E-state index contributed by atoms with van der Waals surface area (Å²) < 4.78 is 33.4. The highest BCUT2D eigenvalue weighted by atomic mass is 16.8. The second-order valence-corrected chi connectivity index (χ2v) is 12.6. The van der Waals surface area contributed by atoms with E-state index >= 15 is 0 Å². The molecule has 0 amide bonds. The van der Waals surface area contributed by atoms with Gasteiger partial charge in [0.05, 0.1) is 6.61 Å². The van der Waals surface area contributed by atoms with Crippen LogP contribution < -0.4 is 0 Å². The van der Waals surface area contributed by atoms with E-state index in [0.29, 0.717) is 16.7 Å². The fraction of sp³-hybridized carbons (Fsp3) is 0.308. The maximum absolute atomic E-state index is 13.0. The van der Waals surface area contributed by atoms with Crippen LogP contribution in [0, 0.1) is 0 Å². The first-order valence-corrected chi connectivity index (χ1v) is 17.1. The van der Waals surface area contributed by atoms with Gasteiger partial charge in [0.15, 0.2) is 12.2 Å². The molecule has 56 heavy (non-hydrogen) atoms. The second kappa shape index (κ2) is 18.8. The van der Waals surface area contributed by atoms with Gasteiger partial charge in [0.25, 0.3) is 0 Å². The number of rotatable bonds is 14. The largest absolute Gasteiger partial charge is 0.508 e. The molecule has 0 aromatic heterocycles. The lowest BCUT2D eigenvalue weighted by atomic mass is 9.98. The minimum atomic E-state index is -2.56. The SMILES string of the molecule is O=C(/C=C/c1ccc(O)cc1)OC[C@H]1O[C@H](O[C@]2(CO)O[C@H](CO)[C@@H](OC(=O)/C=C/c3ccc(O)cc3)[C@@H]2O)[C@H](OC(=O)/C=C/c2ccc(O)cc2)[C@@H](O)[C@@H]1O. The van der Waals surface area contributed by atoms with Gasteiger partial charge in [0, 0.05) is 18.2 Å². The second-order valence-electron chi connectivity index (χ2n) is 12.6. The molecule has 0 unspecified atom stereocenters. The zero-order valence-electron chi connectivity index (χ0n) is 29.4. The van der Waals surface area contributed by atoms with E-state index in [-0.39, 0.29) is 17.2 Å². The predicted octanol–water partition coefficient (Wildman–Crippen LogP) is 0.514. The van der Waals surface area contributed by atoms with Crippen LogP contribution in [0.3, 0.4) is 0 Å². The quantitative estimate of drug-likeness (QED) is 0.0629. The van der Waals surface area contributed by atoms with Crippen LogP contribution in [0.1, 0.15) is 16.7 Å². The molecule has 3 aromatic carbocycles. The molecule has 9 atom stereocenters. The van der Waals surface area contributed by atoms with Gasteiger partial charge in [-0.2, -0.15) is 0 Å². The molecular formula is C39H40O17. The van der Waals surface area contributed by atoms with E-state index in [0.717, 1.165) is 18.2 Å². The highest BCUT2D eigenvalue weighted by molar-refractivity contribution is 5.88. The van der Waals surface area contributed by atoms with Crippen LogP contribution in [0.4, 0.5) is 0 Å². The van der Waals surface area contributed by atoms with Crippen molar-refractivity contribution in [1.82, 2.24) is 0 Å². The van der Waals surface area contributed by atoms with E-state index in [2.05, 4.69) is 0 Å². The Morgan fingerprint density at radius 2 is 1.07 bits per heavy atom. The number of phenols is 3. The summed E-state index contributed by atoms with van der Waals surface area (Å²) in [6, 6.07) is 17.4. The zero-order chi connectivity index (χ0) is 40.4. The number of hydrogen-bond acceptors (Lipinski definition) is 17. The maximum Gasteiger partial charge on any atom is 0.331 e. The molecule has 0 aliphatic carbocycles. The van der Waals surface area contributed by atoms with Gasteiger partial charge in [-0.1, -0.05) is 36.4 Å². The summed E-state index contributed by atoms with van der Waals surface area (Å²) in [6.07, 6.45) is -7.45. The highest BCUT2D eigenvalue weighted by Crippen LogP contribution is 2.38. The molecule has 3 aromatic rings. The summed E-state index contributed by atoms with van der Waals surface area (Å²) in [5, 5.41) is 82.6. The minimum Gasteiger partial charge on any atom is -0.508 e. The lowest BCUT2D eigenvalue weighted by Crippen LogP contribution is -2.63. The van der Waals surface area contributed by atoms with Crippen LogP contribution in [-0.4, -0.2) is 133 Å². The van der Waals surface area contributed by atoms with Crippen molar-refractivity contribution in [1.29, 1.82) is 0 Å². The number of carbonyl (C=O) groups is 3. The predicted molar refractivity (Wildman–Crippen MR) is 192 cm³/mol. The van der Waals surface area contributed by atoms with Crippen LogP contribution in [0.2, 0.25) is 0 Å². The molecular weight excluding hydrogens is 740 g/mol. The van der Waals surface area contributed by atoms with Gasteiger partial charge in [-0.15, -0.1) is 0 Å². The van der Waals surface area contributed by atoms with Crippen molar-refractivity contribution in [2.24, 2.45) is 0 Å². The molecule has 2 fully saturated rings. The lowest BCUT2D eigenvalue weighted by molar-refractivity contribution is -0.383. The molecule has 5 rings (SSSR count). The Morgan fingerprint density at radius 1 is 0.625 bits per heavy atom. The number of esters is 3. The highest BCUT2D eigenvalue weighted by Gasteiger charge is 2.60. The minimum absolute atomic E-state index is 0.0000660. The Balaban J connectivity index is 1.34. The van der Waals surface area contributed by atoms with Gasteiger partial charge in [-0.3, -0.25) is 0 Å². The van der Waals surface area contributed by atoms with Crippen molar-refractivity contribution < 1.29 is 83.7 Å². The molecule has 17 heteroatoms. The Kier molecular flexibility index (Phi) is 13.9. The number of aliphatic hydroxyl groups is 5. The van der Waals surface area contributed by atoms with Crippen LogP contribution in [-0.2, 0) is 42.8 Å².